The fourth-order valence-corrected chi connectivity index (χ4v) is 8.37. The van der Waals surface area contributed by atoms with Gasteiger partial charge in [0.25, 0.3) is 10.4 Å². The van der Waals surface area contributed by atoms with E-state index in [1.165, 1.54) is 0 Å². The molecule has 0 amide bonds. The zero-order chi connectivity index (χ0) is 24.6. The fourth-order valence-electron chi connectivity index (χ4n) is 2.49. The molecule has 2 aromatic heterocycles. The molecule has 186 valence electrons. The number of hydrogen-bond donors (Lipinski definition) is 0. The molecule has 3 rings (SSSR count). The van der Waals surface area contributed by atoms with Gasteiger partial charge in [0.1, 0.15) is 0 Å². The Morgan fingerprint density at radius 1 is 0.647 bits per heavy atom. The van der Waals surface area contributed by atoms with Crippen LogP contribution in [0.2, 0.25) is 0 Å². The SMILES string of the molecule is CCOP(=O)(OCC)Sc1nnc(-c2ccc(-c3nnc(SP(=O)(OCC)OCC)o3)cc2)o1. The Kier molecular flexibility index (Phi) is 9.93. The second-order valence-electron chi connectivity index (χ2n) is 6.07. The molecule has 0 fully saturated rings. The van der Waals surface area contributed by atoms with Crippen LogP contribution in [0.4, 0.5) is 0 Å². The molecule has 0 aliphatic carbocycles. The third-order valence-electron chi connectivity index (χ3n) is 3.72. The molecule has 0 radical (unpaired) electrons. The molecule has 34 heavy (non-hydrogen) atoms. The van der Waals surface area contributed by atoms with Crippen molar-refractivity contribution in [2.24, 2.45) is 0 Å². The van der Waals surface area contributed by atoms with Crippen molar-refractivity contribution in [1.82, 2.24) is 20.4 Å². The van der Waals surface area contributed by atoms with Crippen LogP contribution in [-0.4, -0.2) is 46.8 Å². The van der Waals surface area contributed by atoms with Gasteiger partial charge in [-0.15, -0.1) is 20.4 Å². The third kappa shape index (κ3) is 7.25. The van der Waals surface area contributed by atoms with E-state index in [4.69, 9.17) is 26.9 Å². The summed E-state index contributed by atoms with van der Waals surface area (Å²) in [4.78, 5) is 0. The highest BCUT2D eigenvalue weighted by Gasteiger charge is 2.30. The van der Waals surface area contributed by atoms with Crippen molar-refractivity contribution in [3.63, 3.8) is 0 Å². The van der Waals surface area contributed by atoms with E-state index in [0.29, 0.717) is 11.1 Å². The van der Waals surface area contributed by atoms with Crippen molar-refractivity contribution in [2.75, 3.05) is 26.4 Å². The summed E-state index contributed by atoms with van der Waals surface area (Å²) in [6, 6.07) is 6.91. The zero-order valence-electron chi connectivity index (χ0n) is 18.9. The molecule has 0 atom stereocenters. The van der Waals surface area contributed by atoms with Crippen LogP contribution in [0.15, 0.2) is 43.5 Å². The lowest BCUT2D eigenvalue weighted by atomic mass is 10.1. The maximum absolute atomic E-state index is 12.6. The average molecular weight is 550 g/mol. The Morgan fingerprint density at radius 2 is 0.971 bits per heavy atom. The molecular formula is C18H24N4O8P2S2. The van der Waals surface area contributed by atoms with Crippen LogP contribution in [0, 0.1) is 0 Å². The molecule has 2 heterocycles. The molecular weight excluding hydrogens is 526 g/mol. The quantitative estimate of drug-likeness (QED) is 0.206. The lowest BCUT2D eigenvalue weighted by molar-refractivity contribution is 0.235. The van der Waals surface area contributed by atoms with E-state index in [1.54, 1.807) is 52.0 Å². The third-order valence-corrected chi connectivity index (χ3v) is 10.7. The molecule has 3 aromatic rings. The molecule has 16 heteroatoms. The first-order chi connectivity index (χ1) is 16.3. The first-order valence-corrected chi connectivity index (χ1v) is 16.2. The van der Waals surface area contributed by atoms with E-state index in [1.807, 2.05) is 0 Å². The minimum absolute atomic E-state index is 0.0657. The minimum atomic E-state index is -3.44. The van der Waals surface area contributed by atoms with Crippen LogP contribution in [0.3, 0.4) is 0 Å². The molecule has 0 saturated heterocycles. The lowest BCUT2D eigenvalue weighted by Crippen LogP contribution is -1.92. The van der Waals surface area contributed by atoms with E-state index in [9.17, 15) is 9.13 Å². The van der Waals surface area contributed by atoms with Gasteiger partial charge in [-0.25, -0.2) is 9.13 Å². The highest BCUT2D eigenvalue weighted by atomic mass is 32.7. The Hall–Kier alpha value is -1.50. The Labute approximate surface area is 204 Å². The first-order valence-electron chi connectivity index (χ1n) is 10.3. The summed E-state index contributed by atoms with van der Waals surface area (Å²) in [5.41, 5.74) is 1.24. The average Bonchev–Trinajstić information content (AvgIpc) is 3.44. The number of hydrogen-bond acceptors (Lipinski definition) is 14. The molecule has 0 N–H and O–H groups in total. The van der Waals surface area contributed by atoms with Gasteiger partial charge in [-0.1, -0.05) is 0 Å². The van der Waals surface area contributed by atoms with Gasteiger partial charge in [-0.2, -0.15) is 0 Å². The summed E-state index contributed by atoms with van der Waals surface area (Å²) in [6.45, 7) is 0.874. The maximum atomic E-state index is 12.6. The van der Waals surface area contributed by atoms with Crippen molar-refractivity contribution in [1.29, 1.82) is 0 Å². The predicted octanol–water partition coefficient (Wildman–Crippen LogP) is 6.33. The Morgan fingerprint density at radius 3 is 1.26 bits per heavy atom. The Bertz CT molecular complexity index is 1050. The molecule has 0 spiro atoms. The monoisotopic (exact) mass is 550 g/mol. The maximum Gasteiger partial charge on any atom is 0.398 e. The van der Waals surface area contributed by atoms with Gasteiger partial charge in [0, 0.05) is 11.1 Å². The van der Waals surface area contributed by atoms with E-state index >= 15 is 0 Å². The van der Waals surface area contributed by atoms with E-state index in [0.717, 1.165) is 22.8 Å². The van der Waals surface area contributed by atoms with Gasteiger partial charge in [-0.3, -0.25) is 0 Å². The summed E-state index contributed by atoms with van der Waals surface area (Å²) < 4.78 is 57.3. The summed E-state index contributed by atoms with van der Waals surface area (Å²) in [7, 11) is 0. The van der Waals surface area contributed by atoms with Crippen LogP contribution < -0.4 is 0 Å². The van der Waals surface area contributed by atoms with Crippen LogP contribution in [0.1, 0.15) is 27.7 Å². The fraction of sp³-hybridized carbons (Fsp3) is 0.444. The Balaban J connectivity index is 1.71. The van der Waals surface area contributed by atoms with Crippen LogP contribution >= 0.6 is 36.4 Å². The highest BCUT2D eigenvalue weighted by molar-refractivity contribution is 8.55. The highest BCUT2D eigenvalue weighted by Crippen LogP contribution is 2.64. The van der Waals surface area contributed by atoms with Gasteiger partial charge >= 0.3 is 13.6 Å². The van der Waals surface area contributed by atoms with Crippen LogP contribution in [-0.2, 0) is 27.2 Å². The van der Waals surface area contributed by atoms with E-state index in [-0.39, 0.29) is 48.7 Å². The minimum Gasteiger partial charge on any atom is -0.411 e. The molecule has 0 unspecified atom stereocenters. The van der Waals surface area contributed by atoms with Gasteiger partial charge in [0.2, 0.25) is 11.8 Å². The number of rotatable bonds is 14. The van der Waals surface area contributed by atoms with E-state index < -0.39 is 13.6 Å². The number of benzene rings is 1. The molecule has 12 nitrogen and oxygen atoms in total. The van der Waals surface area contributed by atoms with Gasteiger partial charge in [0.15, 0.2) is 0 Å². The van der Waals surface area contributed by atoms with E-state index in [2.05, 4.69) is 20.4 Å². The number of nitrogens with zero attached hydrogens (tertiary/aromatic N) is 4. The molecule has 0 saturated carbocycles. The summed E-state index contributed by atoms with van der Waals surface area (Å²) >= 11 is 1.52. The summed E-state index contributed by atoms with van der Waals surface area (Å²) in [5, 5.41) is 15.9. The second-order valence-corrected chi connectivity index (χ2v) is 13.7. The number of aromatic nitrogens is 4. The largest absolute Gasteiger partial charge is 0.411 e. The van der Waals surface area contributed by atoms with Crippen molar-refractivity contribution in [3.05, 3.63) is 24.3 Å². The van der Waals surface area contributed by atoms with Crippen molar-refractivity contribution in [3.8, 4) is 22.9 Å². The molecule has 0 aliphatic rings. The van der Waals surface area contributed by atoms with Crippen molar-refractivity contribution in [2.45, 2.75) is 38.1 Å². The normalized spacial score (nSPS) is 12.4. The summed E-state index contributed by atoms with van der Waals surface area (Å²) in [5.74, 6) is 0.453. The van der Waals surface area contributed by atoms with Crippen LogP contribution in [0.5, 0.6) is 0 Å². The topological polar surface area (TPSA) is 149 Å². The van der Waals surface area contributed by atoms with Gasteiger partial charge in [-0.05, 0) is 52.0 Å². The second kappa shape index (κ2) is 12.5. The van der Waals surface area contributed by atoms with Gasteiger partial charge in [0.05, 0.1) is 49.2 Å². The molecule has 0 bridgehead atoms. The predicted molar refractivity (Wildman–Crippen MR) is 126 cm³/mol. The van der Waals surface area contributed by atoms with Crippen molar-refractivity contribution >= 4 is 36.4 Å². The lowest BCUT2D eigenvalue weighted by Gasteiger charge is -2.13. The van der Waals surface area contributed by atoms with Crippen molar-refractivity contribution < 1.29 is 36.1 Å². The van der Waals surface area contributed by atoms with Crippen LogP contribution in [0.25, 0.3) is 22.9 Å². The summed E-state index contributed by atoms with van der Waals surface area (Å²) in [6.07, 6.45) is 0. The van der Waals surface area contributed by atoms with Gasteiger partial charge < -0.3 is 26.9 Å². The molecule has 0 aliphatic heterocycles. The standard InChI is InChI=1S/C18H24N4O8P2S2/c1-5-25-31(23,26-6-2)33-17-21-19-15(29-17)13-9-11-14(12-10-13)16-20-22-18(30-16)34-32(24,27-7-3)28-8-4/h9-12H,5-8H2,1-4H3. The smallest absolute Gasteiger partial charge is 0.398 e. The first kappa shape index (κ1) is 27.1. The molecule has 1 aromatic carbocycles. The zero-order valence-corrected chi connectivity index (χ0v) is 22.3.